The van der Waals surface area contributed by atoms with E-state index in [1.165, 1.54) is 16.6 Å². The zero-order valence-electron chi connectivity index (χ0n) is 11.0. The molecular formula is C15H20N2. The van der Waals surface area contributed by atoms with Crippen molar-refractivity contribution in [3.8, 4) is 0 Å². The Bertz CT molecular complexity index is 517. The summed E-state index contributed by atoms with van der Waals surface area (Å²) >= 11 is 0. The third-order valence-electron chi connectivity index (χ3n) is 3.35. The predicted octanol–water partition coefficient (Wildman–Crippen LogP) is 4.00. The van der Waals surface area contributed by atoms with Crippen LogP contribution in [-0.4, -0.2) is 11.0 Å². The summed E-state index contributed by atoms with van der Waals surface area (Å²) < 4.78 is 0. The minimum atomic E-state index is 0.459. The van der Waals surface area contributed by atoms with E-state index in [2.05, 4.69) is 56.2 Å². The van der Waals surface area contributed by atoms with Gasteiger partial charge in [0.05, 0.1) is 5.52 Å². The molecule has 0 aliphatic carbocycles. The van der Waals surface area contributed by atoms with Crippen molar-refractivity contribution in [3.05, 3.63) is 36.0 Å². The van der Waals surface area contributed by atoms with Gasteiger partial charge in [-0.25, -0.2) is 0 Å². The Morgan fingerprint density at radius 2 is 1.88 bits per heavy atom. The van der Waals surface area contributed by atoms with Crippen molar-refractivity contribution in [2.45, 2.75) is 33.7 Å². The Morgan fingerprint density at radius 1 is 1.12 bits per heavy atom. The van der Waals surface area contributed by atoms with Crippen molar-refractivity contribution in [2.24, 2.45) is 5.92 Å². The maximum atomic E-state index is 4.45. The lowest BCUT2D eigenvalue weighted by Gasteiger charge is -2.20. The van der Waals surface area contributed by atoms with E-state index in [1.807, 2.05) is 12.3 Å². The molecule has 0 aliphatic rings. The summed E-state index contributed by atoms with van der Waals surface area (Å²) in [6, 6.07) is 8.86. The van der Waals surface area contributed by atoms with Gasteiger partial charge in [-0.3, -0.25) is 4.98 Å². The number of anilines is 1. The van der Waals surface area contributed by atoms with Gasteiger partial charge >= 0.3 is 0 Å². The van der Waals surface area contributed by atoms with Crippen LogP contribution in [0.1, 0.15) is 26.3 Å². The molecule has 2 rings (SSSR count). The molecule has 1 heterocycles. The summed E-state index contributed by atoms with van der Waals surface area (Å²) in [4.78, 5) is 4.45. The van der Waals surface area contributed by atoms with Gasteiger partial charge in [0.1, 0.15) is 0 Å². The smallest absolute Gasteiger partial charge is 0.0751 e. The van der Waals surface area contributed by atoms with E-state index < -0.39 is 0 Å². The van der Waals surface area contributed by atoms with Crippen LogP contribution in [0.4, 0.5) is 5.69 Å². The molecule has 2 aromatic rings. The van der Waals surface area contributed by atoms with Crippen LogP contribution in [0.2, 0.25) is 0 Å². The van der Waals surface area contributed by atoms with Crippen molar-refractivity contribution >= 4 is 16.6 Å². The molecule has 1 aromatic heterocycles. The second kappa shape index (κ2) is 4.74. The normalized spacial score (nSPS) is 13.0. The molecule has 1 unspecified atom stereocenters. The molecular weight excluding hydrogens is 208 g/mol. The van der Waals surface area contributed by atoms with Crippen LogP contribution in [0.5, 0.6) is 0 Å². The largest absolute Gasteiger partial charge is 0.382 e. The van der Waals surface area contributed by atoms with E-state index in [0.717, 1.165) is 5.52 Å². The second-order valence-electron chi connectivity index (χ2n) is 5.01. The van der Waals surface area contributed by atoms with Gasteiger partial charge in [0.25, 0.3) is 0 Å². The maximum absolute atomic E-state index is 4.45. The number of aromatic nitrogens is 1. The van der Waals surface area contributed by atoms with E-state index in [9.17, 15) is 0 Å². The zero-order chi connectivity index (χ0) is 12.4. The van der Waals surface area contributed by atoms with Crippen molar-refractivity contribution in [1.82, 2.24) is 4.98 Å². The van der Waals surface area contributed by atoms with Crippen LogP contribution in [0.3, 0.4) is 0 Å². The molecule has 0 saturated carbocycles. The minimum absolute atomic E-state index is 0.459. The standard InChI is InChI=1S/C15H20N2/c1-10(2)12(4)17-14-8-7-11(3)15-13(14)6-5-9-16-15/h5-10,12,17H,1-4H3. The van der Waals surface area contributed by atoms with Gasteiger partial charge in [-0.1, -0.05) is 19.9 Å². The Kier molecular flexibility index (Phi) is 3.32. The molecule has 1 atom stereocenters. The first kappa shape index (κ1) is 11.9. The maximum Gasteiger partial charge on any atom is 0.0751 e. The predicted molar refractivity (Wildman–Crippen MR) is 74.4 cm³/mol. The summed E-state index contributed by atoms with van der Waals surface area (Å²) in [5.74, 6) is 0.614. The number of nitrogens with one attached hydrogen (secondary N) is 1. The highest BCUT2D eigenvalue weighted by molar-refractivity contribution is 5.93. The third-order valence-corrected chi connectivity index (χ3v) is 3.35. The van der Waals surface area contributed by atoms with Crippen molar-refractivity contribution in [3.63, 3.8) is 0 Å². The number of fused-ring (bicyclic) bond motifs is 1. The number of hydrogen-bond donors (Lipinski definition) is 1. The third kappa shape index (κ3) is 2.41. The molecule has 0 saturated heterocycles. The molecule has 1 N–H and O–H groups in total. The molecule has 0 amide bonds. The van der Waals surface area contributed by atoms with Gasteiger partial charge < -0.3 is 5.32 Å². The molecule has 90 valence electrons. The molecule has 0 radical (unpaired) electrons. The fourth-order valence-corrected chi connectivity index (χ4v) is 1.85. The van der Waals surface area contributed by atoms with Crippen LogP contribution in [0.25, 0.3) is 10.9 Å². The Morgan fingerprint density at radius 3 is 2.59 bits per heavy atom. The van der Waals surface area contributed by atoms with E-state index in [1.54, 1.807) is 0 Å². The summed E-state index contributed by atoms with van der Waals surface area (Å²) in [5, 5.41) is 4.78. The monoisotopic (exact) mass is 228 g/mol. The highest BCUT2D eigenvalue weighted by Crippen LogP contribution is 2.25. The Hall–Kier alpha value is -1.57. The lowest BCUT2D eigenvalue weighted by molar-refractivity contribution is 0.560. The summed E-state index contributed by atoms with van der Waals surface area (Å²) in [6.45, 7) is 8.77. The number of rotatable bonds is 3. The molecule has 17 heavy (non-hydrogen) atoms. The Balaban J connectivity index is 2.45. The number of hydrogen-bond acceptors (Lipinski definition) is 2. The highest BCUT2D eigenvalue weighted by Gasteiger charge is 2.09. The molecule has 0 bridgehead atoms. The highest BCUT2D eigenvalue weighted by atomic mass is 14.9. The van der Waals surface area contributed by atoms with Gasteiger partial charge in [-0.2, -0.15) is 0 Å². The summed E-state index contributed by atoms with van der Waals surface area (Å²) in [5.41, 5.74) is 3.50. The first-order valence-electron chi connectivity index (χ1n) is 6.20. The van der Waals surface area contributed by atoms with Crippen LogP contribution in [0.15, 0.2) is 30.5 Å². The van der Waals surface area contributed by atoms with Gasteiger partial charge in [-0.15, -0.1) is 0 Å². The Labute approximate surface area is 103 Å². The number of benzene rings is 1. The van der Waals surface area contributed by atoms with Crippen molar-refractivity contribution in [1.29, 1.82) is 0 Å². The minimum Gasteiger partial charge on any atom is -0.382 e. The summed E-state index contributed by atoms with van der Waals surface area (Å²) in [7, 11) is 0. The van der Waals surface area contributed by atoms with Gasteiger partial charge in [0.2, 0.25) is 0 Å². The van der Waals surface area contributed by atoms with Gasteiger partial charge in [0.15, 0.2) is 0 Å². The average Bonchev–Trinajstić information content (AvgIpc) is 2.33. The average molecular weight is 228 g/mol. The number of nitrogens with zero attached hydrogens (tertiary/aromatic N) is 1. The van der Waals surface area contributed by atoms with Gasteiger partial charge in [-0.05, 0) is 43.5 Å². The summed E-state index contributed by atoms with van der Waals surface area (Å²) in [6.07, 6.45) is 1.85. The molecule has 2 heteroatoms. The van der Waals surface area contributed by atoms with E-state index >= 15 is 0 Å². The fourth-order valence-electron chi connectivity index (χ4n) is 1.85. The van der Waals surface area contributed by atoms with Crippen LogP contribution in [0, 0.1) is 12.8 Å². The molecule has 1 aromatic carbocycles. The zero-order valence-corrected chi connectivity index (χ0v) is 11.0. The number of pyridine rings is 1. The fraction of sp³-hybridized carbons (Fsp3) is 0.400. The molecule has 0 spiro atoms. The number of aryl methyl sites for hydroxylation is 1. The quantitative estimate of drug-likeness (QED) is 0.859. The molecule has 2 nitrogen and oxygen atoms in total. The topological polar surface area (TPSA) is 24.9 Å². The van der Waals surface area contributed by atoms with Gasteiger partial charge in [0, 0.05) is 23.3 Å². The van der Waals surface area contributed by atoms with Crippen LogP contribution in [-0.2, 0) is 0 Å². The lowest BCUT2D eigenvalue weighted by atomic mass is 10.0. The van der Waals surface area contributed by atoms with Crippen LogP contribution < -0.4 is 5.32 Å². The SMILES string of the molecule is Cc1ccc(NC(C)C(C)C)c2cccnc12. The van der Waals surface area contributed by atoms with E-state index in [0.29, 0.717) is 12.0 Å². The first-order valence-corrected chi connectivity index (χ1v) is 6.20. The van der Waals surface area contributed by atoms with E-state index in [-0.39, 0.29) is 0 Å². The van der Waals surface area contributed by atoms with Crippen molar-refractivity contribution < 1.29 is 0 Å². The van der Waals surface area contributed by atoms with Crippen LogP contribution >= 0.6 is 0 Å². The first-order chi connectivity index (χ1) is 8.09. The second-order valence-corrected chi connectivity index (χ2v) is 5.01. The van der Waals surface area contributed by atoms with Crippen molar-refractivity contribution in [2.75, 3.05) is 5.32 Å². The lowest BCUT2D eigenvalue weighted by Crippen LogP contribution is -2.21. The molecule has 0 fully saturated rings. The van der Waals surface area contributed by atoms with E-state index in [4.69, 9.17) is 0 Å². The molecule has 0 aliphatic heterocycles.